The van der Waals surface area contributed by atoms with Gasteiger partial charge in [-0.3, -0.25) is 10.1 Å². The van der Waals surface area contributed by atoms with Crippen LogP contribution in [0.3, 0.4) is 0 Å². The molecule has 0 bridgehead atoms. The second-order valence-corrected chi connectivity index (χ2v) is 5.33. The zero-order valence-electron chi connectivity index (χ0n) is 10.7. The number of hydrogen-bond acceptors (Lipinski definition) is 3. The molecule has 0 spiro atoms. The summed E-state index contributed by atoms with van der Waals surface area (Å²) in [5.41, 5.74) is 1.67. The van der Waals surface area contributed by atoms with Crippen LogP contribution in [0.15, 0.2) is 12.1 Å². The Morgan fingerprint density at radius 2 is 2.19 bits per heavy atom. The van der Waals surface area contributed by atoms with Crippen molar-refractivity contribution in [3.05, 3.63) is 44.9 Å². The van der Waals surface area contributed by atoms with Gasteiger partial charge in [-0.15, -0.1) is 0 Å². The van der Waals surface area contributed by atoms with Gasteiger partial charge in [0.25, 0.3) is 5.91 Å². The molecule has 0 radical (unpaired) electrons. The first-order valence-corrected chi connectivity index (χ1v) is 6.91. The maximum atomic E-state index is 13.4. The first-order chi connectivity index (χ1) is 10.0. The minimum Gasteiger partial charge on any atom is -0.375 e. The van der Waals surface area contributed by atoms with Crippen molar-refractivity contribution in [3.8, 4) is 0 Å². The lowest BCUT2D eigenvalue weighted by atomic mass is 10.2. The van der Waals surface area contributed by atoms with E-state index in [1.165, 1.54) is 6.07 Å². The van der Waals surface area contributed by atoms with Crippen LogP contribution in [0.1, 0.15) is 21.7 Å². The molecule has 0 fully saturated rings. The molecule has 2 aromatic rings. The normalized spacial score (nSPS) is 13.9. The van der Waals surface area contributed by atoms with Gasteiger partial charge in [-0.05, 0) is 12.1 Å². The van der Waals surface area contributed by atoms with Crippen molar-refractivity contribution >= 4 is 35.1 Å². The van der Waals surface area contributed by atoms with E-state index in [0.29, 0.717) is 19.6 Å². The molecule has 0 saturated heterocycles. The number of imidazole rings is 1. The van der Waals surface area contributed by atoms with Crippen LogP contribution >= 0.6 is 23.2 Å². The number of carbonyl (C=O) groups excluding carboxylic acids is 1. The number of ether oxygens (including phenoxy) is 1. The van der Waals surface area contributed by atoms with Crippen LogP contribution in [0.5, 0.6) is 0 Å². The molecule has 21 heavy (non-hydrogen) atoms. The molecule has 0 saturated carbocycles. The number of carbonyl (C=O) groups is 1. The average molecular weight is 330 g/mol. The highest BCUT2D eigenvalue weighted by atomic mass is 35.5. The van der Waals surface area contributed by atoms with Gasteiger partial charge in [-0.25, -0.2) is 9.37 Å². The Labute approximate surface area is 129 Å². The predicted molar refractivity (Wildman–Crippen MR) is 76.3 cm³/mol. The monoisotopic (exact) mass is 329 g/mol. The fourth-order valence-corrected chi connectivity index (χ4v) is 2.51. The van der Waals surface area contributed by atoms with Crippen LogP contribution in [0.25, 0.3) is 0 Å². The highest BCUT2D eigenvalue weighted by molar-refractivity contribution is 6.37. The Hall–Kier alpha value is -1.63. The van der Waals surface area contributed by atoms with Crippen molar-refractivity contribution in [2.24, 2.45) is 0 Å². The van der Waals surface area contributed by atoms with Crippen LogP contribution in [0.4, 0.5) is 10.3 Å². The van der Waals surface area contributed by atoms with Crippen molar-refractivity contribution in [3.63, 3.8) is 0 Å². The summed E-state index contributed by atoms with van der Waals surface area (Å²) in [6, 6.07) is 2.18. The minimum absolute atomic E-state index is 0.0100. The van der Waals surface area contributed by atoms with E-state index in [2.05, 4.69) is 15.3 Å². The number of amides is 1. The number of aromatic nitrogens is 2. The number of nitrogens with one attached hydrogen (secondary N) is 2. The largest absolute Gasteiger partial charge is 0.375 e. The highest BCUT2D eigenvalue weighted by Crippen LogP contribution is 2.25. The molecule has 1 aliphatic rings. The lowest BCUT2D eigenvalue weighted by Gasteiger charge is -2.08. The molecule has 1 amide bonds. The third-order valence-corrected chi connectivity index (χ3v) is 3.68. The molecule has 0 aliphatic carbocycles. The highest BCUT2D eigenvalue weighted by Gasteiger charge is 2.18. The van der Waals surface area contributed by atoms with Gasteiger partial charge >= 0.3 is 0 Å². The number of rotatable bonds is 2. The first kappa shape index (κ1) is 14.3. The van der Waals surface area contributed by atoms with Crippen molar-refractivity contribution in [1.82, 2.24) is 9.97 Å². The lowest BCUT2D eigenvalue weighted by molar-refractivity contribution is 0.102. The maximum Gasteiger partial charge on any atom is 0.259 e. The molecular weight excluding hydrogens is 320 g/mol. The van der Waals surface area contributed by atoms with Crippen molar-refractivity contribution in [2.75, 3.05) is 11.9 Å². The number of fused-ring (bicyclic) bond motifs is 1. The number of hydrogen-bond donors (Lipinski definition) is 2. The van der Waals surface area contributed by atoms with Gasteiger partial charge in [0.15, 0.2) is 0 Å². The summed E-state index contributed by atoms with van der Waals surface area (Å²) in [5.74, 6) is -0.997. The van der Waals surface area contributed by atoms with E-state index in [1.807, 2.05) is 0 Å². The van der Waals surface area contributed by atoms with Crippen molar-refractivity contribution < 1.29 is 13.9 Å². The van der Waals surface area contributed by atoms with Gasteiger partial charge in [0.1, 0.15) is 5.82 Å². The number of H-pyrrole nitrogens is 1. The molecule has 1 aliphatic heterocycles. The molecule has 5 nitrogen and oxygen atoms in total. The van der Waals surface area contributed by atoms with E-state index in [4.69, 9.17) is 27.9 Å². The SMILES string of the molecule is O=C(Nc1nc2c([nH]1)COCC2)c1cc(F)c(Cl)cc1Cl. The van der Waals surface area contributed by atoms with Gasteiger partial charge in [-0.2, -0.15) is 0 Å². The molecule has 0 unspecified atom stereocenters. The fraction of sp³-hybridized carbons (Fsp3) is 0.231. The zero-order chi connectivity index (χ0) is 15.0. The van der Waals surface area contributed by atoms with Gasteiger partial charge < -0.3 is 9.72 Å². The van der Waals surface area contributed by atoms with Crippen LogP contribution in [0, 0.1) is 5.82 Å². The fourth-order valence-electron chi connectivity index (χ4n) is 2.05. The lowest BCUT2D eigenvalue weighted by Crippen LogP contribution is -2.14. The van der Waals surface area contributed by atoms with Crippen LogP contribution in [-0.4, -0.2) is 22.5 Å². The number of nitrogens with zero attached hydrogens (tertiary/aromatic N) is 1. The number of benzene rings is 1. The topological polar surface area (TPSA) is 67.0 Å². The van der Waals surface area contributed by atoms with Gasteiger partial charge in [0.2, 0.25) is 5.95 Å². The van der Waals surface area contributed by atoms with Gasteiger partial charge in [0.05, 0.1) is 40.2 Å². The minimum atomic E-state index is -0.710. The van der Waals surface area contributed by atoms with Crippen LogP contribution in [0.2, 0.25) is 10.0 Å². The predicted octanol–water partition coefficient (Wildman–Crippen LogP) is 3.18. The molecule has 2 heterocycles. The summed E-state index contributed by atoms with van der Waals surface area (Å²) < 4.78 is 18.7. The maximum absolute atomic E-state index is 13.4. The Kier molecular flexibility index (Phi) is 3.84. The summed E-state index contributed by atoms with van der Waals surface area (Å²) in [6.45, 7) is 1.02. The third-order valence-electron chi connectivity index (χ3n) is 3.08. The number of anilines is 1. The van der Waals surface area contributed by atoms with E-state index in [1.54, 1.807) is 0 Å². The zero-order valence-corrected chi connectivity index (χ0v) is 12.2. The Bertz CT molecular complexity index is 694. The van der Waals surface area contributed by atoms with Crippen molar-refractivity contribution in [1.29, 1.82) is 0 Å². The summed E-state index contributed by atoms with van der Waals surface area (Å²) in [6.07, 6.45) is 0.679. The standard InChI is InChI=1S/C13H10Cl2FN3O2/c14-7-4-8(15)9(16)3-6(7)12(20)19-13-17-10-1-2-21-5-11(10)18-13/h3-4H,1-2,5H2,(H2,17,18,19,20). The second-order valence-electron chi connectivity index (χ2n) is 4.51. The Morgan fingerprint density at radius 1 is 1.38 bits per heavy atom. The first-order valence-electron chi connectivity index (χ1n) is 6.16. The Morgan fingerprint density at radius 3 is 2.95 bits per heavy atom. The number of halogens is 3. The molecule has 1 aromatic carbocycles. The van der Waals surface area contributed by atoms with Crippen molar-refractivity contribution in [2.45, 2.75) is 13.0 Å². The summed E-state index contributed by atoms with van der Waals surface area (Å²) in [5, 5.41) is 2.48. The molecule has 2 N–H and O–H groups in total. The van der Waals surface area contributed by atoms with Crippen LogP contribution < -0.4 is 5.32 Å². The second kappa shape index (κ2) is 5.63. The summed E-state index contributed by atoms with van der Waals surface area (Å²) in [4.78, 5) is 19.3. The molecule has 1 aromatic heterocycles. The average Bonchev–Trinajstić information content (AvgIpc) is 2.84. The van der Waals surface area contributed by atoms with Crippen LogP contribution in [-0.2, 0) is 17.8 Å². The van der Waals surface area contributed by atoms with E-state index >= 15 is 0 Å². The Balaban J connectivity index is 1.83. The molecule has 3 rings (SSSR count). The van der Waals surface area contributed by atoms with Gasteiger partial charge in [0, 0.05) is 6.42 Å². The van der Waals surface area contributed by atoms with E-state index in [0.717, 1.165) is 17.5 Å². The molecular formula is C13H10Cl2FN3O2. The molecule has 110 valence electrons. The van der Waals surface area contributed by atoms with Gasteiger partial charge in [-0.1, -0.05) is 23.2 Å². The van der Waals surface area contributed by atoms with E-state index in [-0.39, 0.29) is 21.6 Å². The summed E-state index contributed by atoms with van der Waals surface area (Å²) >= 11 is 11.5. The third kappa shape index (κ3) is 2.88. The molecule has 0 atom stereocenters. The quantitative estimate of drug-likeness (QED) is 0.831. The molecule has 8 heteroatoms. The van der Waals surface area contributed by atoms with E-state index < -0.39 is 11.7 Å². The van der Waals surface area contributed by atoms with E-state index in [9.17, 15) is 9.18 Å². The smallest absolute Gasteiger partial charge is 0.259 e. The number of aromatic amines is 1. The summed E-state index contributed by atoms with van der Waals surface area (Å²) in [7, 11) is 0.